The van der Waals surface area contributed by atoms with Gasteiger partial charge in [-0.15, -0.1) is 0 Å². The predicted octanol–water partition coefficient (Wildman–Crippen LogP) is 3.84. The van der Waals surface area contributed by atoms with Crippen molar-refractivity contribution in [2.24, 2.45) is 0 Å². The van der Waals surface area contributed by atoms with Crippen LogP contribution >= 0.6 is 0 Å². The highest BCUT2D eigenvalue weighted by Crippen LogP contribution is 2.22. The molecule has 2 atom stereocenters. The van der Waals surface area contributed by atoms with Crippen LogP contribution in [0.25, 0.3) is 0 Å². The number of benzene rings is 2. The van der Waals surface area contributed by atoms with Crippen LogP contribution < -0.4 is 10.6 Å². The normalized spacial score (nSPS) is 13.9. The van der Waals surface area contributed by atoms with E-state index in [0.717, 1.165) is 17.4 Å². The number of hydrogen-bond donors (Lipinski definition) is 2. The molecule has 0 fully saturated rings. The van der Waals surface area contributed by atoms with E-state index in [-0.39, 0.29) is 18.0 Å². The third-order valence-corrected chi connectivity index (χ3v) is 4.81. The molecule has 0 bridgehead atoms. The van der Waals surface area contributed by atoms with Gasteiger partial charge in [0.15, 0.2) is 9.84 Å². The Hall–Kier alpha value is -2.60. The summed E-state index contributed by atoms with van der Waals surface area (Å²) in [5.41, 5.74) is 3.89. The fourth-order valence-electron chi connectivity index (χ4n) is 2.72. The van der Waals surface area contributed by atoms with E-state index in [2.05, 4.69) is 36.6 Å². The summed E-state index contributed by atoms with van der Waals surface area (Å²) in [7, 11) is -3.20. The summed E-state index contributed by atoms with van der Waals surface area (Å²) in [5.74, 6) is -0.251. The Morgan fingerprint density at radius 2 is 1.67 bits per heavy atom. The highest BCUT2D eigenvalue weighted by Gasteiger charge is 2.10. The number of aryl methyl sites for hydroxylation is 1. The minimum atomic E-state index is -3.20. The number of carbonyl (C=O) groups excluding carboxylic acids is 1. The Bertz CT molecular complexity index is 919. The van der Waals surface area contributed by atoms with E-state index in [0.29, 0.717) is 5.56 Å². The first-order valence-electron chi connectivity index (χ1n) is 8.77. The maximum absolute atomic E-state index is 12.3. The minimum absolute atomic E-state index is 0.145. The highest BCUT2D eigenvalue weighted by molar-refractivity contribution is 7.93. The molecule has 0 aliphatic rings. The third-order valence-electron chi connectivity index (χ3n) is 4.16. The lowest BCUT2D eigenvalue weighted by atomic mass is 10.0. The smallest absolute Gasteiger partial charge is 0.251 e. The van der Waals surface area contributed by atoms with E-state index in [1.165, 1.54) is 17.2 Å². The summed E-state index contributed by atoms with van der Waals surface area (Å²) < 4.78 is 22.3. The van der Waals surface area contributed by atoms with Crippen LogP contribution in [0.15, 0.2) is 60.0 Å². The first-order chi connectivity index (χ1) is 12.7. The molecular weight excluding hydrogens is 360 g/mol. The van der Waals surface area contributed by atoms with Crippen LogP contribution in [0.5, 0.6) is 0 Å². The van der Waals surface area contributed by atoms with Crippen molar-refractivity contribution in [3.8, 4) is 0 Å². The lowest BCUT2D eigenvalue weighted by molar-refractivity contribution is 0.0947. The largest absolute Gasteiger partial charge is 0.379 e. The SMILES string of the molecule is Cc1ccccc1[C@H](C)Nc1ccc(C(=O)N[C@H](C)/C=C/S(C)(=O)=O)cc1. The van der Waals surface area contributed by atoms with E-state index in [1.54, 1.807) is 19.1 Å². The summed E-state index contributed by atoms with van der Waals surface area (Å²) in [5, 5.41) is 7.28. The first-order valence-corrected chi connectivity index (χ1v) is 10.7. The van der Waals surface area contributed by atoms with Gasteiger partial charge in [0.1, 0.15) is 0 Å². The van der Waals surface area contributed by atoms with Gasteiger partial charge in [-0.05, 0) is 56.2 Å². The highest BCUT2D eigenvalue weighted by atomic mass is 32.2. The van der Waals surface area contributed by atoms with Crippen molar-refractivity contribution in [1.82, 2.24) is 5.32 Å². The topological polar surface area (TPSA) is 75.3 Å². The number of carbonyl (C=O) groups is 1. The lowest BCUT2D eigenvalue weighted by Gasteiger charge is -2.18. The molecule has 0 unspecified atom stereocenters. The van der Waals surface area contributed by atoms with Gasteiger partial charge in [-0.25, -0.2) is 8.42 Å². The molecular formula is C21H26N2O3S. The summed E-state index contributed by atoms with van der Waals surface area (Å²) >= 11 is 0. The molecule has 0 spiro atoms. The molecule has 27 heavy (non-hydrogen) atoms. The number of anilines is 1. The molecule has 0 saturated heterocycles. The molecule has 5 nitrogen and oxygen atoms in total. The summed E-state index contributed by atoms with van der Waals surface area (Å²) in [6.07, 6.45) is 2.56. The zero-order valence-electron chi connectivity index (χ0n) is 16.1. The third kappa shape index (κ3) is 6.57. The fourth-order valence-corrected chi connectivity index (χ4v) is 3.24. The van der Waals surface area contributed by atoms with Crippen LogP contribution in [-0.4, -0.2) is 26.6 Å². The van der Waals surface area contributed by atoms with E-state index in [4.69, 9.17) is 0 Å². The Morgan fingerprint density at radius 3 is 2.26 bits per heavy atom. The van der Waals surface area contributed by atoms with Crippen LogP contribution in [0.4, 0.5) is 5.69 Å². The second-order valence-electron chi connectivity index (χ2n) is 6.72. The summed E-state index contributed by atoms with van der Waals surface area (Å²) in [6.45, 7) is 5.90. The Kier molecular flexibility index (Phi) is 6.80. The predicted molar refractivity (Wildman–Crippen MR) is 111 cm³/mol. The van der Waals surface area contributed by atoms with E-state index in [9.17, 15) is 13.2 Å². The first kappa shape index (κ1) is 20.7. The molecule has 0 aliphatic carbocycles. The van der Waals surface area contributed by atoms with Gasteiger partial charge in [-0.1, -0.05) is 30.3 Å². The second-order valence-corrected chi connectivity index (χ2v) is 8.65. The second kappa shape index (κ2) is 8.86. The molecule has 0 aromatic heterocycles. The van der Waals surface area contributed by atoms with Gasteiger partial charge in [0.05, 0.1) is 0 Å². The summed E-state index contributed by atoms with van der Waals surface area (Å²) in [6, 6.07) is 15.2. The molecule has 0 saturated carbocycles. The maximum atomic E-state index is 12.3. The molecule has 2 aromatic carbocycles. The van der Waals surface area contributed by atoms with Crippen LogP contribution in [0.2, 0.25) is 0 Å². The van der Waals surface area contributed by atoms with Crippen molar-refractivity contribution in [3.63, 3.8) is 0 Å². The van der Waals surface area contributed by atoms with Crippen molar-refractivity contribution >= 4 is 21.4 Å². The molecule has 6 heteroatoms. The number of amides is 1. The molecule has 0 aliphatic heterocycles. The summed E-state index contributed by atoms with van der Waals surface area (Å²) in [4.78, 5) is 12.3. The Morgan fingerprint density at radius 1 is 1.04 bits per heavy atom. The van der Waals surface area contributed by atoms with Crippen LogP contribution in [0.3, 0.4) is 0 Å². The fraction of sp³-hybridized carbons (Fsp3) is 0.286. The van der Waals surface area contributed by atoms with Gasteiger partial charge in [-0.2, -0.15) is 0 Å². The lowest BCUT2D eigenvalue weighted by Crippen LogP contribution is -2.31. The maximum Gasteiger partial charge on any atom is 0.251 e. The van der Waals surface area contributed by atoms with Crippen LogP contribution in [0, 0.1) is 6.92 Å². The molecule has 2 N–H and O–H groups in total. The van der Waals surface area contributed by atoms with Gasteiger partial charge >= 0.3 is 0 Å². The van der Waals surface area contributed by atoms with Crippen molar-refractivity contribution in [3.05, 3.63) is 76.7 Å². The molecule has 0 radical (unpaired) electrons. The quantitative estimate of drug-likeness (QED) is 0.758. The van der Waals surface area contributed by atoms with Crippen molar-refractivity contribution in [2.45, 2.75) is 32.9 Å². The van der Waals surface area contributed by atoms with Crippen molar-refractivity contribution in [1.29, 1.82) is 0 Å². The number of rotatable bonds is 7. The standard InChI is InChI=1S/C21H26N2O3S/c1-15-7-5-6-8-20(15)17(3)23-19-11-9-18(10-12-19)21(24)22-16(2)13-14-27(4,25)26/h5-14,16-17,23H,1-4H3,(H,22,24)/b14-13+/t16-,17+/m1/s1. The van der Waals surface area contributed by atoms with Crippen LogP contribution in [-0.2, 0) is 9.84 Å². The van der Waals surface area contributed by atoms with Gasteiger partial charge < -0.3 is 10.6 Å². The molecule has 1 amide bonds. The molecule has 2 rings (SSSR count). The molecule has 2 aromatic rings. The van der Waals surface area contributed by atoms with Crippen molar-refractivity contribution in [2.75, 3.05) is 11.6 Å². The van der Waals surface area contributed by atoms with Gasteiger partial charge in [0.25, 0.3) is 5.91 Å². The zero-order valence-corrected chi connectivity index (χ0v) is 16.9. The zero-order chi connectivity index (χ0) is 20.0. The van der Waals surface area contributed by atoms with Gasteiger partial charge in [0.2, 0.25) is 0 Å². The number of hydrogen-bond acceptors (Lipinski definition) is 4. The molecule has 0 heterocycles. The van der Waals surface area contributed by atoms with E-state index < -0.39 is 9.84 Å². The Labute approximate surface area is 161 Å². The van der Waals surface area contributed by atoms with Gasteiger partial charge in [-0.3, -0.25) is 4.79 Å². The van der Waals surface area contributed by atoms with Gasteiger partial charge in [0, 0.05) is 35.0 Å². The monoisotopic (exact) mass is 386 g/mol. The average molecular weight is 387 g/mol. The van der Waals surface area contributed by atoms with E-state index in [1.807, 2.05) is 24.3 Å². The van der Waals surface area contributed by atoms with E-state index >= 15 is 0 Å². The Balaban J connectivity index is 1.99. The minimum Gasteiger partial charge on any atom is -0.379 e. The van der Waals surface area contributed by atoms with Crippen LogP contribution in [0.1, 0.15) is 41.4 Å². The average Bonchev–Trinajstić information content (AvgIpc) is 2.60. The van der Waals surface area contributed by atoms with Crippen molar-refractivity contribution < 1.29 is 13.2 Å². The molecule has 144 valence electrons. The number of nitrogens with one attached hydrogen (secondary N) is 2. The number of sulfone groups is 1.